The minimum absolute atomic E-state index is 0.0139. The molecule has 0 bridgehead atoms. The van der Waals surface area contributed by atoms with Gasteiger partial charge >= 0.3 is 6.09 Å². The molecule has 0 radical (unpaired) electrons. The third-order valence-corrected chi connectivity index (χ3v) is 3.70. The third kappa shape index (κ3) is 3.98. The molecule has 2 amide bonds. The lowest BCUT2D eigenvalue weighted by molar-refractivity contribution is 0.0923. The lowest BCUT2D eigenvalue weighted by Gasteiger charge is -2.28. The fraction of sp³-hybridized carbons (Fsp3) is 0.467. The minimum atomic E-state index is -0.975. The first-order chi connectivity index (χ1) is 9.54. The highest BCUT2D eigenvalue weighted by Crippen LogP contribution is 2.19. The highest BCUT2D eigenvalue weighted by Gasteiger charge is 2.23. The van der Waals surface area contributed by atoms with Crippen molar-refractivity contribution >= 4 is 12.0 Å². The first kappa shape index (κ1) is 14.4. The van der Waals surface area contributed by atoms with E-state index in [1.165, 1.54) is 0 Å². The number of hydrogen-bond donors (Lipinski definition) is 3. The third-order valence-electron chi connectivity index (χ3n) is 3.70. The summed E-state index contributed by atoms with van der Waals surface area (Å²) in [5.74, 6) is -0.0559. The Bertz CT molecular complexity index is 476. The second kappa shape index (κ2) is 6.41. The highest BCUT2D eigenvalue weighted by molar-refractivity contribution is 5.94. The van der Waals surface area contributed by atoms with Crippen LogP contribution in [0.15, 0.2) is 24.3 Å². The van der Waals surface area contributed by atoms with E-state index in [0.29, 0.717) is 5.56 Å². The number of carboxylic acid groups (broad SMARTS) is 1. The normalized spacial score (nSPS) is 22.1. The van der Waals surface area contributed by atoms with E-state index in [1.54, 1.807) is 0 Å². The number of rotatable bonds is 3. The van der Waals surface area contributed by atoms with Crippen LogP contribution in [-0.2, 0) is 0 Å². The smallest absolute Gasteiger partial charge is 0.404 e. The summed E-state index contributed by atoms with van der Waals surface area (Å²) in [5, 5.41) is 14.2. The predicted octanol–water partition coefficient (Wildman–Crippen LogP) is 2.30. The van der Waals surface area contributed by atoms with Crippen LogP contribution >= 0.6 is 0 Å². The van der Waals surface area contributed by atoms with Crippen molar-refractivity contribution in [1.82, 2.24) is 10.6 Å². The van der Waals surface area contributed by atoms with Gasteiger partial charge in [0.25, 0.3) is 5.91 Å². The Hall–Kier alpha value is -2.04. The van der Waals surface area contributed by atoms with Crippen molar-refractivity contribution in [1.29, 1.82) is 0 Å². The topological polar surface area (TPSA) is 78.4 Å². The minimum Gasteiger partial charge on any atom is -0.465 e. The van der Waals surface area contributed by atoms with Crippen LogP contribution < -0.4 is 10.6 Å². The molecule has 5 heteroatoms. The maximum absolute atomic E-state index is 12.1. The molecule has 1 fully saturated rings. The van der Waals surface area contributed by atoms with E-state index in [4.69, 9.17) is 5.11 Å². The van der Waals surface area contributed by atoms with Crippen LogP contribution in [0.3, 0.4) is 0 Å². The molecule has 3 N–H and O–H groups in total. The molecule has 1 aromatic rings. The average molecular weight is 276 g/mol. The average Bonchev–Trinajstić information content (AvgIpc) is 2.41. The Morgan fingerprint density at radius 3 is 2.00 bits per heavy atom. The van der Waals surface area contributed by atoms with Crippen molar-refractivity contribution in [2.24, 2.45) is 0 Å². The maximum atomic E-state index is 12.1. The van der Waals surface area contributed by atoms with Gasteiger partial charge in [-0.25, -0.2) is 4.79 Å². The fourth-order valence-electron chi connectivity index (χ4n) is 2.53. The zero-order chi connectivity index (χ0) is 14.5. The van der Waals surface area contributed by atoms with Crippen molar-refractivity contribution in [2.75, 3.05) is 0 Å². The maximum Gasteiger partial charge on any atom is 0.404 e. The number of benzene rings is 1. The number of carbonyl (C=O) groups is 2. The van der Waals surface area contributed by atoms with Crippen LogP contribution in [-0.4, -0.2) is 29.2 Å². The van der Waals surface area contributed by atoms with Gasteiger partial charge in [-0.2, -0.15) is 0 Å². The van der Waals surface area contributed by atoms with Gasteiger partial charge in [0.1, 0.15) is 0 Å². The number of amides is 2. The van der Waals surface area contributed by atoms with Crippen LogP contribution in [0, 0.1) is 6.92 Å². The van der Waals surface area contributed by atoms with Gasteiger partial charge in [0, 0.05) is 17.6 Å². The Labute approximate surface area is 118 Å². The van der Waals surface area contributed by atoms with Crippen LogP contribution in [0.25, 0.3) is 0 Å². The Morgan fingerprint density at radius 1 is 1.00 bits per heavy atom. The molecule has 1 saturated carbocycles. The molecular formula is C15H20N2O3. The number of aryl methyl sites for hydroxylation is 1. The van der Waals surface area contributed by atoms with Gasteiger partial charge in [-0.3, -0.25) is 4.79 Å². The van der Waals surface area contributed by atoms with Gasteiger partial charge in [0.05, 0.1) is 0 Å². The second-order valence-electron chi connectivity index (χ2n) is 5.34. The lowest BCUT2D eigenvalue weighted by Crippen LogP contribution is -2.43. The first-order valence-electron chi connectivity index (χ1n) is 6.91. The van der Waals surface area contributed by atoms with Gasteiger partial charge in [-0.05, 0) is 44.7 Å². The molecule has 0 saturated heterocycles. The monoisotopic (exact) mass is 276 g/mol. The van der Waals surface area contributed by atoms with Crippen LogP contribution in [0.2, 0.25) is 0 Å². The summed E-state index contributed by atoms with van der Waals surface area (Å²) in [6.45, 7) is 1.98. The predicted molar refractivity (Wildman–Crippen MR) is 75.8 cm³/mol. The quantitative estimate of drug-likeness (QED) is 0.792. The van der Waals surface area contributed by atoms with E-state index < -0.39 is 6.09 Å². The Kier molecular flexibility index (Phi) is 4.61. The van der Waals surface area contributed by atoms with E-state index in [0.717, 1.165) is 31.2 Å². The van der Waals surface area contributed by atoms with E-state index in [2.05, 4.69) is 10.6 Å². The van der Waals surface area contributed by atoms with E-state index in [1.807, 2.05) is 31.2 Å². The Morgan fingerprint density at radius 2 is 1.50 bits per heavy atom. The molecule has 1 aromatic carbocycles. The molecule has 0 aliphatic heterocycles. The van der Waals surface area contributed by atoms with Crippen LogP contribution in [0.1, 0.15) is 41.6 Å². The Balaban J connectivity index is 1.82. The molecule has 0 atom stereocenters. The summed E-state index contributed by atoms with van der Waals surface area (Å²) >= 11 is 0. The summed E-state index contributed by atoms with van der Waals surface area (Å²) < 4.78 is 0. The summed E-state index contributed by atoms with van der Waals surface area (Å²) in [7, 11) is 0. The first-order valence-corrected chi connectivity index (χ1v) is 6.91. The summed E-state index contributed by atoms with van der Waals surface area (Å²) in [6.07, 6.45) is 2.18. The molecule has 0 unspecified atom stereocenters. The van der Waals surface area contributed by atoms with Crippen molar-refractivity contribution in [3.8, 4) is 0 Å². The van der Waals surface area contributed by atoms with E-state index >= 15 is 0 Å². The number of nitrogens with one attached hydrogen (secondary N) is 2. The van der Waals surface area contributed by atoms with Crippen molar-refractivity contribution in [3.63, 3.8) is 0 Å². The number of carbonyl (C=O) groups excluding carboxylic acids is 1. The zero-order valence-electron chi connectivity index (χ0n) is 11.6. The summed E-state index contributed by atoms with van der Waals surface area (Å²) in [5.41, 5.74) is 1.79. The number of hydrogen-bond acceptors (Lipinski definition) is 2. The van der Waals surface area contributed by atoms with Crippen LogP contribution in [0.4, 0.5) is 4.79 Å². The van der Waals surface area contributed by atoms with Crippen molar-refractivity contribution < 1.29 is 14.7 Å². The van der Waals surface area contributed by atoms with Crippen LogP contribution in [0.5, 0.6) is 0 Å². The molecule has 1 aliphatic rings. The van der Waals surface area contributed by atoms with Crippen molar-refractivity contribution in [2.45, 2.75) is 44.7 Å². The van der Waals surface area contributed by atoms with Gasteiger partial charge in [-0.15, -0.1) is 0 Å². The lowest BCUT2D eigenvalue weighted by atomic mass is 9.91. The standard InChI is InChI=1S/C15H20N2O3/c1-10-2-4-11(5-3-10)14(18)16-12-6-8-13(9-7-12)17-15(19)20/h2-5,12-13,17H,6-9H2,1H3,(H,16,18)(H,19,20). The molecule has 0 heterocycles. The SMILES string of the molecule is Cc1ccc(C(=O)NC2CCC(NC(=O)O)CC2)cc1. The largest absolute Gasteiger partial charge is 0.465 e. The van der Waals surface area contributed by atoms with Crippen molar-refractivity contribution in [3.05, 3.63) is 35.4 Å². The molecule has 2 rings (SSSR count). The highest BCUT2D eigenvalue weighted by atomic mass is 16.4. The molecule has 20 heavy (non-hydrogen) atoms. The summed E-state index contributed by atoms with van der Waals surface area (Å²) in [4.78, 5) is 22.6. The fourth-order valence-corrected chi connectivity index (χ4v) is 2.53. The zero-order valence-corrected chi connectivity index (χ0v) is 11.6. The van der Waals surface area contributed by atoms with Gasteiger partial charge in [0.2, 0.25) is 0 Å². The van der Waals surface area contributed by atoms with E-state index in [9.17, 15) is 9.59 Å². The molecular weight excluding hydrogens is 256 g/mol. The van der Waals surface area contributed by atoms with Gasteiger partial charge < -0.3 is 15.7 Å². The molecule has 1 aliphatic carbocycles. The van der Waals surface area contributed by atoms with Gasteiger partial charge in [-0.1, -0.05) is 17.7 Å². The summed E-state index contributed by atoms with van der Waals surface area (Å²) in [6, 6.07) is 7.63. The van der Waals surface area contributed by atoms with Gasteiger partial charge in [0.15, 0.2) is 0 Å². The second-order valence-corrected chi connectivity index (χ2v) is 5.34. The molecule has 108 valence electrons. The van der Waals surface area contributed by atoms with E-state index in [-0.39, 0.29) is 18.0 Å². The molecule has 0 spiro atoms. The molecule has 0 aromatic heterocycles. The molecule has 5 nitrogen and oxygen atoms in total.